The first kappa shape index (κ1) is 11.8. The number of hydrogen-bond donors (Lipinski definition) is 0. The van der Waals surface area contributed by atoms with Crippen molar-refractivity contribution in [2.75, 3.05) is 0 Å². The van der Waals surface area contributed by atoms with E-state index < -0.39 is 14.7 Å². The molecular formula is C8H18NaSb. The first-order valence-corrected chi connectivity index (χ1v) is 16.7. The first-order chi connectivity index (χ1) is 4.81. The van der Waals surface area contributed by atoms with Crippen LogP contribution in [0, 0.1) is 0 Å². The summed E-state index contributed by atoms with van der Waals surface area (Å²) in [5, 5.41) is 0. The first-order valence-electron chi connectivity index (χ1n) is 4.49. The summed E-state index contributed by atoms with van der Waals surface area (Å²) in [5.74, 6) is 0. The zero-order valence-electron chi connectivity index (χ0n) is 7.69. The van der Waals surface area contributed by atoms with Crippen molar-refractivity contribution in [3.8, 4) is 0 Å². The van der Waals surface area contributed by atoms with Gasteiger partial charge in [-0.15, -0.1) is 0 Å². The second-order valence-corrected chi connectivity index (χ2v) is 18.9. The second-order valence-electron chi connectivity index (χ2n) is 3.01. The molecule has 0 saturated heterocycles. The molecule has 10 heavy (non-hydrogen) atoms. The molecule has 0 bridgehead atoms. The molecule has 0 rings (SSSR count). The Kier molecular flexibility index (Phi) is 10.5. The van der Waals surface area contributed by atoms with Crippen LogP contribution in [0.25, 0.3) is 0 Å². The van der Waals surface area contributed by atoms with Crippen molar-refractivity contribution in [3.05, 3.63) is 0 Å². The van der Waals surface area contributed by atoms with E-state index in [1.165, 1.54) is 25.7 Å². The Hall–Kier alpha value is 1.82. The minimum atomic E-state index is -0.486. The Morgan fingerprint density at radius 2 is 1.40 bits per heavy atom. The molecule has 0 aromatic rings. The molecule has 0 N–H and O–H groups in total. The zero-order valence-corrected chi connectivity index (χ0v) is 12.2. The van der Waals surface area contributed by atoms with Crippen LogP contribution in [0.15, 0.2) is 0 Å². The Balaban J connectivity index is 3.00. The van der Waals surface area contributed by atoms with Crippen molar-refractivity contribution < 1.29 is 0 Å². The third-order valence-corrected chi connectivity index (χ3v) is 13.9. The van der Waals surface area contributed by atoms with Crippen LogP contribution in [-0.4, -0.2) is 38.0 Å². The zero-order chi connectivity index (χ0) is 7.82. The van der Waals surface area contributed by atoms with Gasteiger partial charge in [-0.2, -0.15) is 0 Å². The Labute approximate surface area is 85.2 Å². The third-order valence-electron chi connectivity index (χ3n) is 1.79. The van der Waals surface area contributed by atoms with E-state index in [9.17, 15) is 0 Å². The van der Waals surface area contributed by atoms with E-state index in [2.05, 4.69) is 13.8 Å². The summed E-state index contributed by atoms with van der Waals surface area (Å²) in [6, 6.07) is 0. The summed E-state index contributed by atoms with van der Waals surface area (Å²) in [5.41, 5.74) is 0. The Morgan fingerprint density at radius 3 is 1.70 bits per heavy atom. The second kappa shape index (κ2) is 8.91. The van der Waals surface area contributed by atoms with Crippen LogP contribution in [0.4, 0.5) is 0 Å². The van der Waals surface area contributed by atoms with Gasteiger partial charge in [-0.05, 0) is 0 Å². The third kappa shape index (κ3) is 7.92. The van der Waals surface area contributed by atoms with Gasteiger partial charge in [-0.25, -0.2) is 0 Å². The molecule has 0 fully saturated rings. The predicted octanol–water partition coefficient (Wildman–Crippen LogP) is 2.75. The molecule has 0 aliphatic rings. The number of unbranched alkanes of at least 4 members (excludes halogenated alkanes) is 2. The van der Waals surface area contributed by atoms with E-state index in [4.69, 9.17) is 0 Å². The minimum absolute atomic E-state index is 0.486. The van der Waals surface area contributed by atoms with Gasteiger partial charge in [-0.1, -0.05) is 0 Å². The summed E-state index contributed by atoms with van der Waals surface area (Å²) in [4.78, 5) is 0. The fraction of sp³-hybridized carbons (Fsp3) is 1.00. The fourth-order valence-corrected chi connectivity index (χ4v) is 10.7. The monoisotopic (exact) mass is 258 g/mol. The molecule has 0 saturated carbocycles. The molecule has 0 aromatic heterocycles. The van der Waals surface area contributed by atoms with Gasteiger partial charge in [0.05, 0.1) is 0 Å². The average molecular weight is 259 g/mol. The van der Waals surface area contributed by atoms with E-state index in [-0.39, 0.29) is 0 Å². The maximum atomic E-state index is 2.32. The Morgan fingerprint density at radius 1 is 1.00 bits per heavy atom. The van der Waals surface area contributed by atoms with Crippen molar-refractivity contribution in [2.24, 2.45) is 0 Å². The molecule has 0 spiro atoms. The summed E-state index contributed by atoms with van der Waals surface area (Å²) in [7, 11) is 0. The van der Waals surface area contributed by atoms with Crippen molar-refractivity contribution >= 4 is 38.0 Å². The topological polar surface area (TPSA) is 0 Å². The normalized spacial score (nSPS) is 10.9. The quantitative estimate of drug-likeness (QED) is 0.643. The van der Waals surface area contributed by atoms with Crippen molar-refractivity contribution in [1.29, 1.82) is 0 Å². The molecule has 0 aliphatic heterocycles. The average Bonchev–Trinajstić information content (AvgIpc) is 1.97. The van der Waals surface area contributed by atoms with Gasteiger partial charge < -0.3 is 0 Å². The number of hydrogen-bond acceptors (Lipinski definition) is 0. The Bertz CT molecular complexity index is 58.3. The molecule has 0 aromatic carbocycles. The molecule has 0 atom stereocenters. The van der Waals surface area contributed by atoms with Crippen LogP contribution in [-0.2, 0) is 0 Å². The van der Waals surface area contributed by atoms with Crippen molar-refractivity contribution in [3.63, 3.8) is 0 Å². The molecule has 2 heteroatoms. The van der Waals surface area contributed by atoms with Gasteiger partial charge in [0, 0.05) is 0 Å². The van der Waals surface area contributed by atoms with E-state index in [0.717, 1.165) is 0 Å². The fourth-order valence-electron chi connectivity index (χ4n) is 0.968. The van der Waals surface area contributed by atoms with Crippen LogP contribution >= 0.6 is 0 Å². The van der Waals surface area contributed by atoms with Crippen LogP contribution in [0.2, 0.25) is 8.73 Å². The van der Waals surface area contributed by atoms with E-state index in [1.807, 2.05) is 0 Å². The summed E-state index contributed by atoms with van der Waals surface area (Å²) >= 11 is 1.12. The molecule has 0 aliphatic carbocycles. The van der Waals surface area contributed by atoms with E-state index in [1.54, 1.807) is 32.0 Å². The molecule has 0 radical (unpaired) electrons. The van der Waals surface area contributed by atoms with Crippen LogP contribution in [0.5, 0.6) is 0 Å². The molecular weight excluding hydrogens is 241 g/mol. The van der Waals surface area contributed by atoms with Gasteiger partial charge >= 0.3 is 86.3 Å². The molecule has 0 nitrogen and oxygen atoms in total. The van der Waals surface area contributed by atoms with Gasteiger partial charge in [-0.3, -0.25) is 0 Å². The van der Waals surface area contributed by atoms with Crippen molar-refractivity contribution in [2.45, 2.75) is 48.3 Å². The predicted molar refractivity (Wildman–Crippen MR) is 50.9 cm³/mol. The standard InChI is InChI=1S/2C4H9.Na.Sb/c2*1-3-4-2;;/h2*1,3-4H2,2H3;;. The molecule has 0 heterocycles. The van der Waals surface area contributed by atoms with E-state index >= 15 is 0 Å². The van der Waals surface area contributed by atoms with Gasteiger partial charge in [0.1, 0.15) is 0 Å². The summed E-state index contributed by atoms with van der Waals surface area (Å²) in [6.07, 6.45) is 5.93. The summed E-state index contributed by atoms with van der Waals surface area (Å²) in [6.45, 7) is 4.63. The van der Waals surface area contributed by atoms with Gasteiger partial charge in [0.2, 0.25) is 0 Å². The number of rotatable bonds is 6. The van der Waals surface area contributed by atoms with Crippen LogP contribution in [0.1, 0.15) is 39.5 Å². The summed E-state index contributed by atoms with van der Waals surface area (Å²) < 4.78 is 3.37. The molecule has 56 valence electrons. The van der Waals surface area contributed by atoms with Gasteiger partial charge in [0.15, 0.2) is 0 Å². The van der Waals surface area contributed by atoms with Crippen LogP contribution in [0.3, 0.4) is 0 Å². The molecule has 0 amide bonds. The van der Waals surface area contributed by atoms with E-state index in [0.29, 0.717) is 0 Å². The molecule has 0 unspecified atom stereocenters. The SMILES string of the molecule is CCC[CH2][Sb]([Na])[CH2]CCC. The van der Waals surface area contributed by atoms with Gasteiger partial charge in [0.25, 0.3) is 0 Å². The van der Waals surface area contributed by atoms with Crippen LogP contribution < -0.4 is 0 Å². The maximum absolute atomic E-state index is 2.32. The van der Waals surface area contributed by atoms with Crippen molar-refractivity contribution in [1.82, 2.24) is 0 Å².